The monoisotopic (exact) mass is 358 g/mol. The minimum Gasteiger partial charge on any atom is -0.352 e. The summed E-state index contributed by atoms with van der Waals surface area (Å²) in [7, 11) is 0. The summed E-state index contributed by atoms with van der Waals surface area (Å²) < 4.78 is 7.16. The molecule has 0 aliphatic carbocycles. The second kappa shape index (κ2) is 7.53. The van der Waals surface area contributed by atoms with E-state index in [0.717, 1.165) is 12.0 Å². The van der Waals surface area contributed by atoms with Gasteiger partial charge in [0.05, 0.1) is 0 Å². The first-order valence-corrected chi connectivity index (χ1v) is 8.49. The number of nitrogens with zero attached hydrogens (tertiary/aromatic N) is 3. The molecule has 2 heterocycles. The molecule has 1 N–H and O–H groups in total. The van der Waals surface area contributed by atoms with Gasteiger partial charge in [-0.05, 0) is 37.6 Å². The van der Waals surface area contributed by atoms with Gasteiger partial charge in [0.2, 0.25) is 11.7 Å². The van der Waals surface area contributed by atoms with Crippen molar-refractivity contribution in [3.05, 3.63) is 47.6 Å². The van der Waals surface area contributed by atoms with Gasteiger partial charge < -0.3 is 14.4 Å². The van der Waals surface area contributed by atoms with Gasteiger partial charge in [0.25, 0.3) is 5.89 Å². The van der Waals surface area contributed by atoms with E-state index in [1.54, 1.807) is 16.7 Å². The average molecular weight is 359 g/mol. The van der Waals surface area contributed by atoms with E-state index in [4.69, 9.17) is 16.1 Å². The van der Waals surface area contributed by atoms with Gasteiger partial charge in [-0.3, -0.25) is 4.79 Å². The zero-order chi connectivity index (χ0) is 17.8. The third kappa shape index (κ3) is 4.09. The Hall–Kier alpha value is -2.60. The van der Waals surface area contributed by atoms with Crippen molar-refractivity contribution in [2.24, 2.45) is 0 Å². The van der Waals surface area contributed by atoms with Gasteiger partial charge in [0.1, 0.15) is 12.2 Å². The second-order valence-corrected chi connectivity index (χ2v) is 6.27. The molecule has 3 aromatic rings. The first kappa shape index (κ1) is 17.2. The molecule has 0 saturated heterocycles. The number of nitrogens with one attached hydrogen (secondary N) is 1. The van der Waals surface area contributed by atoms with Crippen molar-refractivity contribution in [2.45, 2.75) is 32.9 Å². The Bertz CT molecular complexity index is 871. The number of rotatable bonds is 6. The highest BCUT2D eigenvalue weighted by molar-refractivity contribution is 6.30. The molecule has 0 spiro atoms. The van der Waals surface area contributed by atoms with Crippen molar-refractivity contribution in [3.63, 3.8) is 0 Å². The zero-order valence-corrected chi connectivity index (χ0v) is 14.8. The number of carbonyl (C=O) groups is 1. The highest BCUT2D eigenvalue weighted by Crippen LogP contribution is 2.24. The summed E-state index contributed by atoms with van der Waals surface area (Å²) in [6, 6.07) is 11.1. The van der Waals surface area contributed by atoms with Crippen LogP contribution in [-0.4, -0.2) is 26.7 Å². The summed E-state index contributed by atoms with van der Waals surface area (Å²) >= 11 is 6.00. The SMILES string of the molecule is CC[C@@H](C)NC(=O)Cn1cccc1-c1nc(-c2cccc(Cl)c2)no1. The van der Waals surface area contributed by atoms with Gasteiger partial charge in [-0.2, -0.15) is 4.98 Å². The number of hydrogen-bond acceptors (Lipinski definition) is 4. The lowest BCUT2D eigenvalue weighted by Crippen LogP contribution is -2.34. The Morgan fingerprint density at radius 3 is 2.96 bits per heavy atom. The standard InChI is InChI=1S/C18H19ClN4O2/c1-3-12(2)20-16(24)11-23-9-5-8-15(23)18-21-17(22-25-18)13-6-4-7-14(19)10-13/h4-10,12H,3,11H2,1-2H3,(H,20,24)/t12-/m1/s1. The largest absolute Gasteiger partial charge is 0.352 e. The second-order valence-electron chi connectivity index (χ2n) is 5.83. The van der Waals surface area contributed by atoms with E-state index in [9.17, 15) is 4.79 Å². The Morgan fingerprint density at radius 1 is 1.36 bits per heavy atom. The minimum atomic E-state index is -0.0543. The number of carbonyl (C=O) groups excluding carboxylic acids is 1. The molecule has 0 unspecified atom stereocenters. The number of hydrogen-bond donors (Lipinski definition) is 1. The Balaban J connectivity index is 1.80. The van der Waals surface area contributed by atoms with Gasteiger partial charge in [0.15, 0.2) is 0 Å². The molecule has 1 aromatic carbocycles. The molecule has 3 rings (SSSR count). The third-order valence-electron chi connectivity index (χ3n) is 3.89. The van der Waals surface area contributed by atoms with E-state index < -0.39 is 0 Å². The van der Waals surface area contributed by atoms with Gasteiger partial charge in [-0.1, -0.05) is 35.8 Å². The molecule has 0 fully saturated rings. The summed E-state index contributed by atoms with van der Waals surface area (Å²) in [4.78, 5) is 16.5. The lowest BCUT2D eigenvalue weighted by molar-refractivity contribution is -0.122. The van der Waals surface area contributed by atoms with Crippen LogP contribution in [0.3, 0.4) is 0 Å². The molecule has 25 heavy (non-hydrogen) atoms. The molecule has 0 saturated carbocycles. The van der Waals surface area contributed by atoms with Crippen molar-refractivity contribution in [1.82, 2.24) is 20.0 Å². The third-order valence-corrected chi connectivity index (χ3v) is 4.13. The van der Waals surface area contributed by atoms with Gasteiger partial charge in [-0.15, -0.1) is 0 Å². The predicted molar refractivity (Wildman–Crippen MR) is 96.1 cm³/mol. The fourth-order valence-corrected chi connectivity index (χ4v) is 2.59. The van der Waals surface area contributed by atoms with Crippen LogP contribution < -0.4 is 5.32 Å². The molecule has 2 aromatic heterocycles. The molecule has 1 amide bonds. The van der Waals surface area contributed by atoms with Gasteiger partial charge in [0, 0.05) is 22.8 Å². The first-order chi connectivity index (χ1) is 12.1. The van der Waals surface area contributed by atoms with E-state index in [1.807, 2.05) is 44.3 Å². The van der Waals surface area contributed by atoms with Crippen molar-refractivity contribution in [2.75, 3.05) is 0 Å². The van der Waals surface area contributed by atoms with Crippen LogP contribution in [0, 0.1) is 0 Å². The average Bonchev–Trinajstić information content (AvgIpc) is 3.23. The van der Waals surface area contributed by atoms with E-state index in [1.165, 1.54) is 0 Å². The van der Waals surface area contributed by atoms with Crippen LogP contribution in [0.2, 0.25) is 5.02 Å². The zero-order valence-electron chi connectivity index (χ0n) is 14.1. The fraction of sp³-hybridized carbons (Fsp3) is 0.278. The van der Waals surface area contributed by atoms with Crippen LogP contribution in [0.5, 0.6) is 0 Å². The van der Waals surface area contributed by atoms with Crippen molar-refractivity contribution in [1.29, 1.82) is 0 Å². The van der Waals surface area contributed by atoms with Crippen LogP contribution in [-0.2, 0) is 11.3 Å². The van der Waals surface area contributed by atoms with E-state index >= 15 is 0 Å². The van der Waals surface area contributed by atoms with Crippen LogP contribution in [0.25, 0.3) is 23.0 Å². The highest BCUT2D eigenvalue weighted by Gasteiger charge is 2.16. The number of amides is 1. The molecule has 6 nitrogen and oxygen atoms in total. The number of halogens is 1. The Morgan fingerprint density at radius 2 is 2.20 bits per heavy atom. The van der Waals surface area contributed by atoms with Crippen LogP contribution in [0.15, 0.2) is 47.1 Å². The van der Waals surface area contributed by atoms with E-state index in [2.05, 4.69) is 15.5 Å². The smallest absolute Gasteiger partial charge is 0.274 e. The lowest BCUT2D eigenvalue weighted by Gasteiger charge is -2.12. The quantitative estimate of drug-likeness (QED) is 0.727. The maximum absolute atomic E-state index is 12.1. The molecule has 0 bridgehead atoms. The van der Waals surface area contributed by atoms with Crippen LogP contribution in [0.4, 0.5) is 0 Å². The molecular weight excluding hydrogens is 340 g/mol. The molecule has 130 valence electrons. The molecule has 1 atom stereocenters. The highest BCUT2D eigenvalue weighted by atomic mass is 35.5. The van der Waals surface area contributed by atoms with E-state index in [-0.39, 0.29) is 18.5 Å². The maximum atomic E-state index is 12.1. The number of aromatic nitrogens is 3. The Labute approximate surface area is 150 Å². The van der Waals surface area contributed by atoms with Gasteiger partial charge >= 0.3 is 0 Å². The minimum absolute atomic E-state index is 0.0543. The summed E-state index contributed by atoms with van der Waals surface area (Å²) in [6.07, 6.45) is 2.70. The normalized spacial score (nSPS) is 12.1. The number of benzene rings is 1. The molecular formula is C18H19ClN4O2. The van der Waals surface area contributed by atoms with Crippen molar-refractivity contribution in [3.8, 4) is 23.0 Å². The lowest BCUT2D eigenvalue weighted by atomic mass is 10.2. The van der Waals surface area contributed by atoms with Crippen molar-refractivity contribution >= 4 is 17.5 Å². The summed E-state index contributed by atoms with van der Waals surface area (Å²) in [5.41, 5.74) is 1.47. The van der Waals surface area contributed by atoms with Crippen LogP contribution >= 0.6 is 11.6 Å². The van der Waals surface area contributed by atoms with Gasteiger partial charge in [-0.25, -0.2) is 0 Å². The summed E-state index contributed by atoms with van der Waals surface area (Å²) in [5, 5.41) is 7.56. The maximum Gasteiger partial charge on any atom is 0.274 e. The van der Waals surface area contributed by atoms with Crippen molar-refractivity contribution < 1.29 is 9.32 Å². The molecule has 7 heteroatoms. The van der Waals surface area contributed by atoms with E-state index in [0.29, 0.717) is 22.4 Å². The van der Waals surface area contributed by atoms with Crippen LogP contribution in [0.1, 0.15) is 20.3 Å². The molecule has 0 aliphatic heterocycles. The summed E-state index contributed by atoms with van der Waals surface area (Å²) in [6.45, 7) is 4.20. The molecule has 0 radical (unpaired) electrons. The topological polar surface area (TPSA) is 73.0 Å². The first-order valence-electron chi connectivity index (χ1n) is 8.11. The Kier molecular flexibility index (Phi) is 5.19. The predicted octanol–water partition coefficient (Wildman–Crippen LogP) is 3.77. The fourth-order valence-electron chi connectivity index (χ4n) is 2.40. The summed E-state index contributed by atoms with van der Waals surface area (Å²) in [5.74, 6) is 0.756. The molecule has 0 aliphatic rings.